The number of benzene rings is 1. The molecule has 1 aromatic rings. The lowest BCUT2D eigenvalue weighted by molar-refractivity contribution is 0.0117. The minimum atomic E-state index is -0.0784. The molecular weight excluding hydrogens is 184 g/mol. The minimum absolute atomic E-state index is 0.0784. The Balaban J connectivity index is 2.04. The van der Waals surface area contributed by atoms with Gasteiger partial charge in [0, 0.05) is 0 Å². The highest BCUT2D eigenvalue weighted by Crippen LogP contribution is 2.42. The Hall–Kier alpha value is -0.820. The average Bonchev–Trinajstić information content (AvgIpc) is 2.27. The summed E-state index contributed by atoms with van der Waals surface area (Å²) in [7, 11) is 0. The zero-order valence-electron chi connectivity index (χ0n) is 9.61. The van der Waals surface area contributed by atoms with E-state index in [0.717, 1.165) is 6.42 Å². The molecule has 3 atom stereocenters. The highest BCUT2D eigenvalue weighted by Gasteiger charge is 2.36. The fraction of sp³-hybridized carbons (Fsp3) is 0.571. The Labute approximate surface area is 92.1 Å². The molecule has 82 valence electrons. The van der Waals surface area contributed by atoms with E-state index >= 15 is 0 Å². The van der Waals surface area contributed by atoms with Crippen LogP contribution in [-0.2, 0) is 6.42 Å². The molecule has 0 amide bonds. The normalized spacial score (nSPS) is 29.9. The summed E-state index contributed by atoms with van der Waals surface area (Å²) < 4.78 is 0. The Kier molecular flexibility index (Phi) is 3.11. The molecule has 0 spiro atoms. The van der Waals surface area contributed by atoms with Crippen molar-refractivity contribution >= 4 is 0 Å². The average molecular weight is 204 g/mol. The molecule has 1 aliphatic carbocycles. The topological polar surface area (TPSA) is 20.2 Å². The van der Waals surface area contributed by atoms with Crippen LogP contribution in [-0.4, -0.2) is 11.2 Å². The van der Waals surface area contributed by atoms with Gasteiger partial charge in [0.25, 0.3) is 0 Å². The molecular formula is C14H20O. The second kappa shape index (κ2) is 4.36. The molecule has 1 saturated carbocycles. The first kappa shape index (κ1) is 10.7. The van der Waals surface area contributed by atoms with Crippen LogP contribution >= 0.6 is 0 Å². The van der Waals surface area contributed by atoms with E-state index in [1.54, 1.807) is 0 Å². The second-order valence-electron chi connectivity index (χ2n) is 4.76. The molecule has 3 unspecified atom stereocenters. The van der Waals surface area contributed by atoms with E-state index in [0.29, 0.717) is 11.8 Å². The van der Waals surface area contributed by atoms with Crippen molar-refractivity contribution in [2.45, 2.75) is 45.1 Å². The molecule has 0 aliphatic heterocycles. The molecule has 0 heterocycles. The van der Waals surface area contributed by atoms with Crippen LogP contribution in [0, 0.1) is 5.92 Å². The van der Waals surface area contributed by atoms with E-state index in [9.17, 15) is 5.11 Å². The number of aliphatic hydroxyl groups excluding tert-OH is 1. The summed E-state index contributed by atoms with van der Waals surface area (Å²) in [5.41, 5.74) is 2.82. The van der Waals surface area contributed by atoms with Crippen molar-refractivity contribution in [3.8, 4) is 0 Å². The fourth-order valence-electron chi connectivity index (χ4n) is 2.42. The third kappa shape index (κ3) is 2.07. The molecule has 1 fully saturated rings. The van der Waals surface area contributed by atoms with Crippen LogP contribution in [0.3, 0.4) is 0 Å². The maximum absolute atomic E-state index is 9.49. The van der Waals surface area contributed by atoms with Crippen molar-refractivity contribution in [1.29, 1.82) is 0 Å². The Morgan fingerprint density at radius 1 is 1.27 bits per heavy atom. The molecule has 0 radical (unpaired) electrons. The molecule has 1 aliphatic rings. The van der Waals surface area contributed by atoms with Gasteiger partial charge in [-0.3, -0.25) is 0 Å². The van der Waals surface area contributed by atoms with Gasteiger partial charge >= 0.3 is 0 Å². The van der Waals surface area contributed by atoms with E-state index in [2.05, 4.69) is 38.1 Å². The number of aliphatic hydroxyl groups is 1. The van der Waals surface area contributed by atoms with Gasteiger partial charge in [-0.05, 0) is 35.8 Å². The predicted octanol–water partition coefficient (Wildman–Crippen LogP) is 3.12. The molecule has 1 nitrogen and oxygen atoms in total. The largest absolute Gasteiger partial charge is 0.393 e. The number of aryl methyl sites for hydroxylation is 1. The smallest absolute Gasteiger partial charge is 0.0577 e. The van der Waals surface area contributed by atoms with Gasteiger partial charge in [0.2, 0.25) is 0 Å². The summed E-state index contributed by atoms with van der Waals surface area (Å²) in [4.78, 5) is 0. The van der Waals surface area contributed by atoms with Crippen LogP contribution in [0.1, 0.15) is 43.7 Å². The molecule has 1 N–H and O–H groups in total. The van der Waals surface area contributed by atoms with Gasteiger partial charge in [-0.15, -0.1) is 0 Å². The summed E-state index contributed by atoms with van der Waals surface area (Å²) in [5.74, 6) is 1.01. The molecule has 0 saturated heterocycles. The Bertz CT molecular complexity index is 315. The summed E-state index contributed by atoms with van der Waals surface area (Å²) in [6, 6.07) is 8.93. The van der Waals surface area contributed by atoms with Gasteiger partial charge in [0.1, 0.15) is 0 Å². The third-order valence-electron chi connectivity index (χ3n) is 3.68. The third-order valence-corrected chi connectivity index (χ3v) is 3.68. The van der Waals surface area contributed by atoms with Gasteiger partial charge in [-0.2, -0.15) is 0 Å². The first-order chi connectivity index (χ1) is 7.22. The van der Waals surface area contributed by atoms with Crippen LogP contribution in [0.4, 0.5) is 0 Å². The van der Waals surface area contributed by atoms with E-state index in [4.69, 9.17) is 0 Å². The van der Waals surface area contributed by atoms with E-state index in [1.165, 1.54) is 24.0 Å². The van der Waals surface area contributed by atoms with Crippen molar-refractivity contribution in [2.75, 3.05) is 0 Å². The first-order valence-corrected chi connectivity index (χ1v) is 5.99. The van der Waals surface area contributed by atoms with Crippen molar-refractivity contribution in [3.63, 3.8) is 0 Å². The molecule has 1 aromatic carbocycles. The summed E-state index contributed by atoms with van der Waals surface area (Å²) in [6.07, 6.45) is 3.24. The lowest BCUT2D eigenvalue weighted by atomic mass is 9.69. The molecule has 0 aromatic heterocycles. The maximum Gasteiger partial charge on any atom is 0.0577 e. The number of hydrogen-bond donors (Lipinski definition) is 1. The van der Waals surface area contributed by atoms with Gasteiger partial charge in [0.15, 0.2) is 0 Å². The van der Waals surface area contributed by atoms with Crippen molar-refractivity contribution < 1.29 is 5.11 Å². The van der Waals surface area contributed by atoms with Crippen LogP contribution < -0.4 is 0 Å². The monoisotopic (exact) mass is 204 g/mol. The highest BCUT2D eigenvalue weighted by atomic mass is 16.3. The minimum Gasteiger partial charge on any atom is -0.393 e. The summed E-state index contributed by atoms with van der Waals surface area (Å²) in [5, 5.41) is 9.49. The van der Waals surface area contributed by atoms with Crippen LogP contribution in [0.2, 0.25) is 0 Å². The maximum atomic E-state index is 9.49. The van der Waals surface area contributed by atoms with Crippen LogP contribution in [0.25, 0.3) is 0 Å². The van der Waals surface area contributed by atoms with Crippen molar-refractivity contribution in [1.82, 2.24) is 0 Å². The Morgan fingerprint density at radius 3 is 2.40 bits per heavy atom. The molecule has 1 heteroatoms. The SMILES string of the molecule is CCCc1ccc(C2CC(O)C2C)cc1. The number of rotatable bonds is 3. The van der Waals surface area contributed by atoms with Crippen molar-refractivity contribution in [2.24, 2.45) is 5.92 Å². The standard InChI is InChI=1S/C14H20O/c1-3-4-11-5-7-12(8-6-11)13-9-14(15)10(13)2/h5-8,10,13-15H,3-4,9H2,1-2H3. The molecule has 0 bridgehead atoms. The van der Waals surface area contributed by atoms with E-state index < -0.39 is 0 Å². The van der Waals surface area contributed by atoms with E-state index in [1.807, 2.05) is 0 Å². The van der Waals surface area contributed by atoms with Crippen LogP contribution in [0.5, 0.6) is 0 Å². The van der Waals surface area contributed by atoms with Crippen LogP contribution in [0.15, 0.2) is 24.3 Å². The Morgan fingerprint density at radius 2 is 1.93 bits per heavy atom. The zero-order chi connectivity index (χ0) is 10.8. The number of hydrogen-bond acceptors (Lipinski definition) is 1. The first-order valence-electron chi connectivity index (χ1n) is 5.99. The highest BCUT2D eigenvalue weighted by molar-refractivity contribution is 5.28. The molecule has 15 heavy (non-hydrogen) atoms. The summed E-state index contributed by atoms with van der Waals surface area (Å²) >= 11 is 0. The fourth-order valence-corrected chi connectivity index (χ4v) is 2.42. The predicted molar refractivity (Wildman–Crippen MR) is 63.0 cm³/mol. The second-order valence-corrected chi connectivity index (χ2v) is 4.76. The van der Waals surface area contributed by atoms with Crippen molar-refractivity contribution in [3.05, 3.63) is 35.4 Å². The quantitative estimate of drug-likeness (QED) is 0.802. The lowest BCUT2D eigenvalue weighted by Crippen LogP contribution is -2.37. The van der Waals surface area contributed by atoms with Gasteiger partial charge < -0.3 is 5.11 Å². The molecule has 2 rings (SSSR count). The van der Waals surface area contributed by atoms with Gasteiger partial charge in [-0.1, -0.05) is 44.5 Å². The van der Waals surface area contributed by atoms with Gasteiger partial charge in [-0.25, -0.2) is 0 Å². The van der Waals surface area contributed by atoms with Gasteiger partial charge in [0.05, 0.1) is 6.10 Å². The summed E-state index contributed by atoms with van der Waals surface area (Å²) in [6.45, 7) is 4.34. The van der Waals surface area contributed by atoms with E-state index in [-0.39, 0.29) is 6.10 Å². The lowest BCUT2D eigenvalue weighted by Gasteiger charge is -2.39. The zero-order valence-corrected chi connectivity index (χ0v) is 9.61.